The molecule has 0 aliphatic carbocycles. The monoisotopic (exact) mass is 360 g/mol. The highest BCUT2D eigenvalue weighted by Crippen LogP contribution is 2.18. The maximum Gasteiger partial charge on any atom is 0.344 e. The Morgan fingerprint density at radius 2 is 1.81 bits per heavy atom. The summed E-state index contributed by atoms with van der Waals surface area (Å²) in [6.07, 6.45) is 0. The second-order valence-electron chi connectivity index (χ2n) is 5.65. The Labute approximate surface area is 150 Å². The number of ketones is 1. The van der Waals surface area contributed by atoms with Crippen LogP contribution in [-0.4, -0.2) is 34.5 Å². The van der Waals surface area contributed by atoms with Crippen LogP contribution in [0.4, 0.5) is 5.69 Å². The summed E-state index contributed by atoms with van der Waals surface area (Å²) in [6.45, 7) is 5.76. The first kappa shape index (κ1) is 19.2. The average Bonchev–Trinajstić information content (AvgIpc) is 2.91. The molecule has 0 saturated carbocycles. The molecular weight excluding hydrogens is 340 g/mol. The molecule has 0 N–H and O–H groups in total. The van der Waals surface area contributed by atoms with Crippen molar-refractivity contribution in [3.8, 4) is 5.75 Å². The zero-order valence-electron chi connectivity index (χ0n) is 14.9. The number of nitrogens with zero attached hydrogens (tertiary/aromatic N) is 2. The van der Waals surface area contributed by atoms with Gasteiger partial charge in [0, 0.05) is 35.6 Å². The molecule has 0 aliphatic rings. The third kappa shape index (κ3) is 4.47. The van der Waals surface area contributed by atoms with Crippen LogP contribution in [0.2, 0.25) is 0 Å². The molecule has 2 aromatic rings. The molecule has 0 atom stereocenters. The van der Waals surface area contributed by atoms with Gasteiger partial charge >= 0.3 is 5.97 Å². The van der Waals surface area contributed by atoms with Gasteiger partial charge in [-0.25, -0.2) is 4.79 Å². The number of benzene rings is 1. The van der Waals surface area contributed by atoms with E-state index in [0.29, 0.717) is 11.3 Å². The summed E-state index contributed by atoms with van der Waals surface area (Å²) in [7, 11) is 0. The number of esters is 1. The molecule has 2 rings (SSSR count). The third-order valence-electron chi connectivity index (χ3n) is 3.96. The number of nitro groups is 1. The van der Waals surface area contributed by atoms with Crippen molar-refractivity contribution in [2.75, 3.05) is 13.2 Å². The molecule has 0 radical (unpaired) electrons. The Kier molecular flexibility index (Phi) is 6.11. The van der Waals surface area contributed by atoms with Crippen molar-refractivity contribution in [3.05, 3.63) is 57.4 Å². The molecule has 0 spiro atoms. The minimum atomic E-state index is -0.694. The number of hydrogen-bond donors (Lipinski definition) is 0. The van der Waals surface area contributed by atoms with Crippen LogP contribution in [0.25, 0.3) is 0 Å². The Hall–Kier alpha value is -3.16. The topological polar surface area (TPSA) is 101 Å². The lowest BCUT2D eigenvalue weighted by atomic mass is 10.1. The molecule has 8 heteroatoms. The van der Waals surface area contributed by atoms with Gasteiger partial charge in [-0.05, 0) is 39.0 Å². The van der Waals surface area contributed by atoms with Crippen molar-refractivity contribution in [1.29, 1.82) is 0 Å². The SMILES string of the molecule is CCn1c(C)cc(C(=O)COC(=O)COc2ccc([N+](=O)[O-])cc2)c1C. The largest absolute Gasteiger partial charge is 0.482 e. The summed E-state index contributed by atoms with van der Waals surface area (Å²) < 4.78 is 12.1. The molecule has 8 nitrogen and oxygen atoms in total. The number of nitro benzene ring substituents is 1. The van der Waals surface area contributed by atoms with E-state index in [1.165, 1.54) is 24.3 Å². The summed E-state index contributed by atoms with van der Waals surface area (Å²) in [5, 5.41) is 10.6. The molecule has 26 heavy (non-hydrogen) atoms. The van der Waals surface area contributed by atoms with E-state index < -0.39 is 10.9 Å². The molecule has 1 aromatic heterocycles. The number of carbonyl (C=O) groups excluding carboxylic acids is 2. The van der Waals surface area contributed by atoms with Crippen LogP contribution in [0.3, 0.4) is 0 Å². The Morgan fingerprint density at radius 3 is 2.35 bits per heavy atom. The fourth-order valence-corrected chi connectivity index (χ4v) is 2.64. The predicted octanol–water partition coefficient (Wildman–Crippen LogP) is 2.84. The van der Waals surface area contributed by atoms with E-state index in [2.05, 4.69) is 0 Å². The molecule has 1 aromatic carbocycles. The highest BCUT2D eigenvalue weighted by Gasteiger charge is 2.17. The third-order valence-corrected chi connectivity index (χ3v) is 3.96. The van der Waals surface area contributed by atoms with Gasteiger partial charge in [0.25, 0.3) is 5.69 Å². The minimum absolute atomic E-state index is 0.0739. The average molecular weight is 360 g/mol. The fourth-order valence-electron chi connectivity index (χ4n) is 2.64. The smallest absolute Gasteiger partial charge is 0.344 e. The molecule has 0 unspecified atom stereocenters. The number of aryl methyl sites for hydroxylation is 1. The van der Waals surface area contributed by atoms with Crippen molar-refractivity contribution in [1.82, 2.24) is 4.57 Å². The van der Waals surface area contributed by atoms with Crippen LogP contribution in [-0.2, 0) is 16.1 Å². The van der Waals surface area contributed by atoms with Gasteiger partial charge in [-0.15, -0.1) is 0 Å². The summed E-state index contributed by atoms with van der Waals surface area (Å²) in [5.74, 6) is -0.673. The molecule has 1 heterocycles. The van der Waals surface area contributed by atoms with Gasteiger partial charge < -0.3 is 14.0 Å². The van der Waals surface area contributed by atoms with Crippen molar-refractivity contribution >= 4 is 17.4 Å². The van der Waals surface area contributed by atoms with Gasteiger partial charge in [-0.3, -0.25) is 14.9 Å². The van der Waals surface area contributed by atoms with Gasteiger partial charge in [0.05, 0.1) is 4.92 Å². The maximum absolute atomic E-state index is 12.2. The number of non-ortho nitro benzene ring substituents is 1. The minimum Gasteiger partial charge on any atom is -0.482 e. The Bertz CT molecular complexity index is 823. The first-order valence-electron chi connectivity index (χ1n) is 8.06. The van der Waals surface area contributed by atoms with Crippen LogP contribution in [0.1, 0.15) is 28.7 Å². The van der Waals surface area contributed by atoms with Crippen LogP contribution >= 0.6 is 0 Å². The van der Waals surface area contributed by atoms with Gasteiger partial charge in [-0.2, -0.15) is 0 Å². The highest BCUT2D eigenvalue weighted by atomic mass is 16.6. The number of ether oxygens (including phenoxy) is 2. The summed E-state index contributed by atoms with van der Waals surface area (Å²) in [6, 6.07) is 7.09. The molecule has 0 fully saturated rings. The van der Waals surface area contributed by atoms with Gasteiger partial charge in [0.2, 0.25) is 5.78 Å². The van der Waals surface area contributed by atoms with Crippen LogP contribution in [0.15, 0.2) is 30.3 Å². The normalized spacial score (nSPS) is 10.4. The molecule has 138 valence electrons. The molecule has 0 aliphatic heterocycles. The number of Topliss-reactive ketones (excluding diaryl/α,β-unsaturated/α-hetero) is 1. The van der Waals surface area contributed by atoms with Crippen LogP contribution in [0, 0.1) is 24.0 Å². The van der Waals surface area contributed by atoms with E-state index in [1.54, 1.807) is 6.07 Å². The summed E-state index contributed by atoms with van der Waals surface area (Å²) >= 11 is 0. The number of hydrogen-bond acceptors (Lipinski definition) is 6. The second kappa shape index (κ2) is 8.28. The van der Waals surface area contributed by atoms with Gasteiger partial charge in [0.1, 0.15) is 5.75 Å². The number of aromatic nitrogens is 1. The van der Waals surface area contributed by atoms with E-state index >= 15 is 0 Å². The zero-order valence-corrected chi connectivity index (χ0v) is 14.9. The first-order chi connectivity index (χ1) is 12.3. The molecule has 0 saturated heterocycles. The summed E-state index contributed by atoms with van der Waals surface area (Å²) in [4.78, 5) is 34.0. The molecular formula is C18H20N2O6. The van der Waals surface area contributed by atoms with E-state index in [4.69, 9.17) is 9.47 Å². The fraction of sp³-hybridized carbons (Fsp3) is 0.333. The highest BCUT2D eigenvalue weighted by molar-refractivity contribution is 5.99. The first-order valence-corrected chi connectivity index (χ1v) is 8.06. The zero-order chi connectivity index (χ0) is 19.3. The van der Waals surface area contributed by atoms with Crippen molar-refractivity contribution in [2.45, 2.75) is 27.3 Å². The van der Waals surface area contributed by atoms with Crippen molar-refractivity contribution < 1.29 is 24.0 Å². The molecule has 0 bridgehead atoms. The lowest BCUT2D eigenvalue weighted by Gasteiger charge is -2.07. The lowest BCUT2D eigenvalue weighted by Crippen LogP contribution is -2.19. The van der Waals surface area contributed by atoms with Gasteiger partial charge in [-0.1, -0.05) is 0 Å². The maximum atomic E-state index is 12.2. The lowest BCUT2D eigenvalue weighted by molar-refractivity contribution is -0.384. The standard InChI is InChI=1S/C18H20N2O6/c1-4-19-12(2)9-16(13(19)3)17(21)10-26-18(22)11-25-15-7-5-14(6-8-15)20(23)24/h5-9H,4,10-11H2,1-3H3. The van der Waals surface area contributed by atoms with Gasteiger partial charge in [0.15, 0.2) is 13.2 Å². The van der Waals surface area contributed by atoms with E-state index in [-0.39, 0.29) is 24.7 Å². The van der Waals surface area contributed by atoms with E-state index in [0.717, 1.165) is 17.9 Å². The number of rotatable bonds is 8. The van der Waals surface area contributed by atoms with Crippen LogP contribution in [0.5, 0.6) is 5.75 Å². The van der Waals surface area contributed by atoms with E-state index in [1.807, 2.05) is 25.3 Å². The molecule has 0 amide bonds. The number of carbonyl (C=O) groups is 2. The van der Waals surface area contributed by atoms with E-state index in [9.17, 15) is 19.7 Å². The van der Waals surface area contributed by atoms with Crippen molar-refractivity contribution in [2.24, 2.45) is 0 Å². The Balaban J connectivity index is 1.85. The second-order valence-corrected chi connectivity index (χ2v) is 5.65. The van der Waals surface area contributed by atoms with Crippen LogP contribution < -0.4 is 4.74 Å². The Morgan fingerprint density at radius 1 is 1.15 bits per heavy atom. The predicted molar refractivity (Wildman–Crippen MR) is 93.5 cm³/mol. The van der Waals surface area contributed by atoms with Crippen molar-refractivity contribution in [3.63, 3.8) is 0 Å². The quantitative estimate of drug-likeness (QED) is 0.310. The summed E-state index contributed by atoms with van der Waals surface area (Å²) in [5.41, 5.74) is 2.28.